The van der Waals surface area contributed by atoms with Gasteiger partial charge in [0.05, 0.1) is 24.3 Å². The van der Waals surface area contributed by atoms with E-state index in [2.05, 4.69) is 33.8 Å². The highest BCUT2D eigenvalue weighted by molar-refractivity contribution is 9.09. The van der Waals surface area contributed by atoms with E-state index in [0.717, 1.165) is 17.3 Å². The monoisotopic (exact) mass is 263 g/mol. The van der Waals surface area contributed by atoms with Crippen LogP contribution in [0, 0.1) is 23.2 Å². The molecule has 0 saturated carbocycles. The Kier molecular flexibility index (Phi) is 4.74. The summed E-state index contributed by atoms with van der Waals surface area (Å²) in [6.45, 7) is 0. The molecule has 0 heterocycles. The van der Waals surface area contributed by atoms with E-state index in [-0.39, 0.29) is 0 Å². The van der Waals surface area contributed by atoms with E-state index in [1.807, 2.05) is 0 Å². The number of halogens is 1. The molecule has 0 atom stereocenters. The largest absolute Gasteiger partial charge is 0.495 e. The van der Waals surface area contributed by atoms with E-state index in [0.29, 0.717) is 11.3 Å². The average Bonchev–Trinajstić information content (AvgIpc) is 2.29. The Balaban J connectivity index is 3.04. The van der Waals surface area contributed by atoms with Crippen LogP contribution in [0.3, 0.4) is 0 Å². The standard InChI is InChI=1S/C12H10BrNO/c1-15-12-6-5-10(9-14)8-11(12)4-2-3-7-13/h5-6,8H,3,7H2,1H3. The van der Waals surface area contributed by atoms with Crippen LogP contribution in [0.1, 0.15) is 17.5 Å². The van der Waals surface area contributed by atoms with E-state index in [1.54, 1.807) is 25.3 Å². The molecule has 3 heteroatoms. The molecule has 1 aromatic carbocycles. The van der Waals surface area contributed by atoms with Gasteiger partial charge in [-0.15, -0.1) is 0 Å². The lowest BCUT2D eigenvalue weighted by Gasteiger charge is -2.02. The van der Waals surface area contributed by atoms with Crippen molar-refractivity contribution in [2.45, 2.75) is 6.42 Å². The van der Waals surface area contributed by atoms with E-state index < -0.39 is 0 Å². The highest BCUT2D eigenvalue weighted by Crippen LogP contribution is 2.18. The van der Waals surface area contributed by atoms with Gasteiger partial charge in [-0.1, -0.05) is 27.8 Å². The lowest BCUT2D eigenvalue weighted by molar-refractivity contribution is 0.413. The van der Waals surface area contributed by atoms with Crippen LogP contribution in [0.25, 0.3) is 0 Å². The van der Waals surface area contributed by atoms with E-state index in [4.69, 9.17) is 10.00 Å². The Bertz CT molecular complexity index is 437. The number of ether oxygens (including phenoxy) is 1. The Hall–Kier alpha value is -1.45. The first-order valence-corrected chi connectivity index (χ1v) is 5.57. The number of nitriles is 1. The summed E-state index contributed by atoms with van der Waals surface area (Å²) < 4.78 is 5.15. The second kappa shape index (κ2) is 6.11. The van der Waals surface area contributed by atoms with Crippen LogP contribution in [-0.2, 0) is 0 Å². The Morgan fingerprint density at radius 1 is 1.47 bits per heavy atom. The number of hydrogen-bond acceptors (Lipinski definition) is 2. The molecule has 0 aliphatic rings. The summed E-state index contributed by atoms with van der Waals surface area (Å²) in [6.07, 6.45) is 0.778. The molecule has 0 aromatic heterocycles. The fourth-order valence-corrected chi connectivity index (χ4v) is 1.28. The number of methoxy groups -OCH3 is 1. The van der Waals surface area contributed by atoms with Crippen LogP contribution in [0.5, 0.6) is 5.75 Å². The van der Waals surface area contributed by atoms with Gasteiger partial charge in [-0.25, -0.2) is 0 Å². The number of nitrogens with zero attached hydrogens (tertiary/aromatic N) is 1. The van der Waals surface area contributed by atoms with Crippen molar-refractivity contribution in [3.05, 3.63) is 29.3 Å². The van der Waals surface area contributed by atoms with Gasteiger partial charge >= 0.3 is 0 Å². The maximum atomic E-state index is 8.75. The van der Waals surface area contributed by atoms with Gasteiger partial charge in [-0.05, 0) is 18.2 Å². The van der Waals surface area contributed by atoms with Gasteiger partial charge in [0.2, 0.25) is 0 Å². The summed E-state index contributed by atoms with van der Waals surface area (Å²) in [6, 6.07) is 7.29. The summed E-state index contributed by atoms with van der Waals surface area (Å²) in [5.41, 5.74) is 1.36. The smallest absolute Gasteiger partial charge is 0.134 e. The van der Waals surface area contributed by atoms with Crippen LogP contribution >= 0.6 is 15.9 Å². The molecule has 2 nitrogen and oxygen atoms in total. The quantitative estimate of drug-likeness (QED) is 0.607. The zero-order chi connectivity index (χ0) is 11.1. The third kappa shape index (κ3) is 3.31. The minimum Gasteiger partial charge on any atom is -0.495 e. The van der Waals surface area contributed by atoms with E-state index in [1.165, 1.54) is 0 Å². The van der Waals surface area contributed by atoms with Gasteiger partial charge < -0.3 is 4.74 Å². The van der Waals surface area contributed by atoms with Crippen LogP contribution in [-0.4, -0.2) is 12.4 Å². The van der Waals surface area contributed by atoms with E-state index in [9.17, 15) is 0 Å². The van der Waals surface area contributed by atoms with Gasteiger partial charge in [0, 0.05) is 11.8 Å². The maximum Gasteiger partial charge on any atom is 0.134 e. The molecule has 0 aliphatic carbocycles. The molecule has 0 N–H and O–H groups in total. The molecular weight excluding hydrogens is 254 g/mol. The van der Waals surface area contributed by atoms with Gasteiger partial charge in [0.15, 0.2) is 0 Å². The number of alkyl halides is 1. The molecule has 1 aromatic rings. The van der Waals surface area contributed by atoms with Crippen LogP contribution in [0.15, 0.2) is 18.2 Å². The van der Waals surface area contributed by atoms with Crippen LogP contribution in [0.4, 0.5) is 0 Å². The normalized spacial score (nSPS) is 8.60. The molecular formula is C12H10BrNO. The average molecular weight is 264 g/mol. The van der Waals surface area contributed by atoms with Crippen molar-refractivity contribution < 1.29 is 4.74 Å². The second-order valence-electron chi connectivity index (χ2n) is 2.77. The molecule has 76 valence electrons. The lowest BCUT2D eigenvalue weighted by atomic mass is 10.1. The molecule has 0 fully saturated rings. The molecule has 0 spiro atoms. The predicted octanol–water partition coefficient (Wildman–Crippen LogP) is 2.70. The SMILES string of the molecule is COc1ccc(C#N)cc1C#CCCBr. The molecule has 0 aliphatic heterocycles. The fraction of sp³-hybridized carbons (Fsp3) is 0.250. The van der Waals surface area contributed by atoms with Gasteiger partial charge in [0.1, 0.15) is 5.75 Å². The molecule has 15 heavy (non-hydrogen) atoms. The highest BCUT2D eigenvalue weighted by Gasteiger charge is 2.00. The summed E-state index contributed by atoms with van der Waals surface area (Å²) in [4.78, 5) is 0. The van der Waals surface area contributed by atoms with Gasteiger partial charge in [-0.3, -0.25) is 0 Å². The third-order valence-corrected chi connectivity index (χ3v) is 2.17. The van der Waals surface area contributed by atoms with Crippen LogP contribution in [0.2, 0.25) is 0 Å². The zero-order valence-corrected chi connectivity index (χ0v) is 9.97. The first-order valence-electron chi connectivity index (χ1n) is 4.44. The highest BCUT2D eigenvalue weighted by atomic mass is 79.9. The lowest BCUT2D eigenvalue weighted by Crippen LogP contribution is -1.88. The molecule has 0 amide bonds. The molecule has 1 rings (SSSR count). The predicted molar refractivity (Wildman–Crippen MR) is 63.0 cm³/mol. The minimum atomic E-state index is 0.596. The van der Waals surface area contributed by atoms with Crippen molar-refractivity contribution >= 4 is 15.9 Å². The van der Waals surface area contributed by atoms with Crippen molar-refractivity contribution in [2.24, 2.45) is 0 Å². The Morgan fingerprint density at radius 3 is 2.87 bits per heavy atom. The minimum absolute atomic E-state index is 0.596. The first-order chi connectivity index (χ1) is 7.31. The third-order valence-electron chi connectivity index (χ3n) is 1.77. The topological polar surface area (TPSA) is 33.0 Å². The maximum absolute atomic E-state index is 8.75. The molecule has 0 bridgehead atoms. The van der Waals surface area contributed by atoms with E-state index >= 15 is 0 Å². The number of hydrogen-bond donors (Lipinski definition) is 0. The zero-order valence-electron chi connectivity index (χ0n) is 8.38. The van der Waals surface area contributed by atoms with Crippen molar-refractivity contribution in [1.29, 1.82) is 5.26 Å². The van der Waals surface area contributed by atoms with Gasteiger partial charge in [-0.2, -0.15) is 5.26 Å². The van der Waals surface area contributed by atoms with Crippen molar-refractivity contribution in [3.63, 3.8) is 0 Å². The van der Waals surface area contributed by atoms with Gasteiger partial charge in [0.25, 0.3) is 0 Å². The van der Waals surface area contributed by atoms with Crippen molar-refractivity contribution in [3.8, 4) is 23.7 Å². The summed E-state index contributed by atoms with van der Waals surface area (Å²) in [5.74, 6) is 6.68. The van der Waals surface area contributed by atoms with Crippen LogP contribution < -0.4 is 4.74 Å². The number of benzene rings is 1. The summed E-state index contributed by atoms with van der Waals surface area (Å²) >= 11 is 3.30. The first kappa shape index (κ1) is 11.6. The molecule has 0 radical (unpaired) electrons. The van der Waals surface area contributed by atoms with Crippen molar-refractivity contribution in [2.75, 3.05) is 12.4 Å². The Labute approximate surface area is 98.0 Å². The second-order valence-corrected chi connectivity index (χ2v) is 3.56. The molecule has 0 unspecified atom stereocenters. The number of rotatable bonds is 2. The fourth-order valence-electron chi connectivity index (χ4n) is 1.08. The summed E-state index contributed by atoms with van der Waals surface area (Å²) in [5, 5.41) is 9.60. The molecule has 0 saturated heterocycles. The Morgan fingerprint density at radius 2 is 2.27 bits per heavy atom. The summed E-state index contributed by atoms with van der Waals surface area (Å²) in [7, 11) is 1.59. The van der Waals surface area contributed by atoms with Crippen molar-refractivity contribution in [1.82, 2.24) is 0 Å².